The monoisotopic (exact) mass is 414 g/mol. The number of aromatic nitrogens is 1. The molecule has 30 heavy (non-hydrogen) atoms. The Kier molecular flexibility index (Phi) is 10.4. The van der Waals surface area contributed by atoms with Gasteiger partial charge in [-0.05, 0) is 56.2 Å². The van der Waals surface area contributed by atoms with Crippen LogP contribution in [0.2, 0.25) is 0 Å². The van der Waals surface area contributed by atoms with Gasteiger partial charge in [-0.3, -0.25) is 0 Å². The molecule has 7 nitrogen and oxygen atoms in total. The fourth-order valence-corrected chi connectivity index (χ4v) is 2.60. The minimum atomic E-state index is -1.82. The van der Waals surface area contributed by atoms with Crippen molar-refractivity contribution in [1.82, 2.24) is 4.57 Å². The number of hydrogen-bond donors (Lipinski definition) is 4. The molecule has 2 aromatic rings. The van der Waals surface area contributed by atoms with Gasteiger partial charge < -0.3 is 25.6 Å². The van der Waals surface area contributed by atoms with Gasteiger partial charge in [0, 0.05) is 24.7 Å². The second-order valence-corrected chi connectivity index (χ2v) is 7.33. The molecule has 5 N–H and O–H groups in total. The predicted octanol–water partition coefficient (Wildman–Crippen LogP) is 2.20. The number of nitrogens with two attached hydrogens (primary N) is 1. The second-order valence-electron chi connectivity index (χ2n) is 7.33. The van der Waals surface area contributed by atoms with Crippen molar-refractivity contribution in [3.63, 3.8) is 0 Å². The van der Waals surface area contributed by atoms with Crippen LogP contribution in [0.1, 0.15) is 43.1 Å². The Hall–Kier alpha value is -3.08. The summed E-state index contributed by atoms with van der Waals surface area (Å²) >= 11 is 0. The van der Waals surface area contributed by atoms with Crippen LogP contribution in [-0.4, -0.2) is 44.0 Å². The van der Waals surface area contributed by atoms with Gasteiger partial charge in [0.25, 0.3) is 0 Å². The third-order valence-corrected chi connectivity index (χ3v) is 4.55. The number of carboxylic acid groups (broad SMARTS) is 2. The lowest BCUT2D eigenvalue weighted by molar-refractivity contribution is -0.159. The molecule has 1 heterocycles. The number of aliphatic carboxylic acids is 2. The molecule has 0 aliphatic carbocycles. The Morgan fingerprint density at radius 1 is 1.07 bits per heavy atom. The maximum Gasteiger partial charge on any atom is 0.414 e. The van der Waals surface area contributed by atoms with E-state index in [2.05, 4.69) is 52.8 Å². The highest BCUT2D eigenvalue weighted by atomic mass is 16.4. The Bertz CT molecular complexity index is 864. The average Bonchev–Trinajstić information content (AvgIpc) is 3.07. The van der Waals surface area contributed by atoms with E-state index in [1.54, 1.807) is 0 Å². The van der Waals surface area contributed by atoms with Gasteiger partial charge >= 0.3 is 11.9 Å². The highest BCUT2D eigenvalue weighted by molar-refractivity contribution is 6.27. The molecule has 0 fully saturated rings. The molecule has 0 bridgehead atoms. The van der Waals surface area contributed by atoms with Crippen molar-refractivity contribution in [3.8, 4) is 11.8 Å². The number of carbonyl (C=O) groups is 2. The summed E-state index contributed by atoms with van der Waals surface area (Å²) in [6.07, 6.45) is 4.66. The highest BCUT2D eigenvalue weighted by Gasteiger charge is 2.17. The minimum absolute atomic E-state index is 0.00546. The van der Waals surface area contributed by atoms with Crippen molar-refractivity contribution in [1.29, 1.82) is 0 Å². The maximum atomic E-state index is 9.24. The zero-order valence-electron chi connectivity index (χ0n) is 17.5. The lowest BCUT2D eigenvalue weighted by Gasteiger charge is -2.21. The van der Waals surface area contributed by atoms with Gasteiger partial charge in [0.1, 0.15) is 0 Å². The predicted molar refractivity (Wildman–Crippen MR) is 115 cm³/mol. The lowest BCUT2D eigenvalue weighted by atomic mass is 9.97. The van der Waals surface area contributed by atoms with Gasteiger partial charge in [0.05, 0.1) is 12.3 Å². The number of aliphatic hydroxyl groups excluding tert-OH is 1. The number of aliphatic hydroxyl groups is 1. The summed E-state index contributed by atoms with van der Waals surface area (Å²) in [4.78, 5) is 18.2. The molecular formula is C23H30N2O5. The summed E-state index contributed by atoms with van der Waals surface area (Å²) < 4.78 is 2.12. The molecule has 0 spiro atoms. The van der Waals surface area contributed by atoms with E-state index in [0.717, 1.165) is 37.8 Å². The Labute approximate surface area is 177 Å². The fraction of sp³-hybridized carbons (Fsp3) is 0.391. The first kappa shape index (κ1) is 25.0. The Morgan fingerprint density at radius 3 is 2.27 bits per heavy atom. The highest BCUT2D eigenvalue weighted by Crippen LogP contribution is 2.13. The first-order valence-electron chi connectivity index (χ1n) is 9.69. The molecule has 0 aliphatic rings. The van der Waals surface area contributed by atoms with Crippen LogP contribution in [0.5, 0.6) is 0 Å². The largest absolute Gasteiger partial charge is 0.473 e. The molecule has 1 aromatic carbocycles. The van der Waals surface area contributed by atoms with Crippen LogP contribution in [0.3, 0.4) is 0 Å². The van der Waals surface area contributed by atoms with Crippen molar-refractivity contribution in [2.45, 2.75) is 44.6 Å². The van der Waals surface area contributed by atoms with Gasteiger partial charge in [-0.25, -0.2) is 9.59 Å². The first-order valence-corrected chi connectivity index (χ1v) is 9.69. The van der Waals surface area contributed by atoms with Crippen LogP contribution in [0.4, 0.5) is 0 Å². The second kappa shape index (κ2) is 12.5. The quantitative estimate of drug-likeness (QED) is 0.313. The smallest absolute Gasteiger partial charge is 0.414 e. The van der Waals surface area contributed by atoms with Crippen molar-refractivity contribution >= 4 is 11.9 Å². The van der Waals surface area contributed by atoms with E-state index >= 15 is 0 Å². The Morgan fingerprint density at radius 2 is 1.70 bits per heavy atom. The molecule has 2 rings (SSSR count). The fourth-order valence-electron chi connectivity index (χ4n) is 2.60. The summed E-state index contributed by atoms with van der Waals surface area (Å²) in [6, 6.07) is 14.7. The zero-order chi connectivity index (χ0) is 22.6. The van der Waals surface area contributed by atoms with Crippen LogP contribution in [0.15, 0.2) is 42.5 Å². The van der Waals surface area contributed by atoms with Gasteiger partial charge in [0.15, 0.2) is 0 Å². The third-order valence-electron chi connectivity index (χ3n) is 4.55. The molecule has 0 radical (unpaired) electrons. The van der Waals surface area contributed by atoms with Gasteiger partial charge in [-0.2, -0.15) is 0 Å². The molecule has 1 aromatic heterocycles. The summed E-state index contributed by atoms with van der Waals surface area (Å²) in [5.41, 5.74) is 9.08. The van der Waals surface area contributed by atoms with E-state index in [4.69, 9.17) is 25.5 Å². The topological polar surface area (TPSA) is 126 Å². The van der Waals surface area contributed by atoms with Crippen LogP contribution in [0, 0.1) is 11.8 Å². The minimum Gasteiger partial charge on any atom is -0.473 e. The van der Waals surface area contributed by atoms with Gasteiger partial charge in [-0.15, -0.1) is 0 Å². The molecule has 7 heteroatoms. The number of nitrogens with zero attached hydrogens (tertiary/aromatic N) is 1. The molecule has 0 aliphatic heterocycles. The number of unbranched alkanes of at least 4 members (excludes halogenated alkanes) is 1. The van der Waals surface area contributed by atoms with E-state index < -0.39 is 17.5 Å². The van der Waals surface area contributed by atoms with Crippen molar-refractivity contribution in [3.05, 3.63) is 59.4 Å². The first-order chi connectivity index (χ1) is 14.2. The average molecular weight is 415 g/mol. The normalized spacial score (nSPS) is 12.0. The van der Waals surface area contributed by atoms with Crippen LogP contribution >= 0.6 is 0 Å². The number of aryl methyl sites for hydroxylation is 2. The van der Waals surface area contributed by atoms with E-state index in [9.17, 15) is 5.11 Å². The number of hydrogen-bond acceptors (Lipinski definition) is 4. The molecule has 1 atom stereocenters. The molecule has 0 amide bonds. The van der Waals surface area contributed by atoms with Crippen molar-refractivity contribution < 1.29 is 24.9 Å². The number of rotatable bonds is 7. The van der Waals surface area contributed by atoms with E-state index in [1.165, 1.54) is 11.3 Å². The Balaban J connectivity index is 0.000000656. The maximum absolute atomic E-state index is 9.24. The van der Waals surface area contributed by atoms with Gasteiger partial charge in [0.2, 0.25) is 0 Å². The van der Waals surface area contributed by atoms with E-state index in [-0.39, 0.29) is 6.61 Å². The van der Waals surface area contributed by atoms with Crippen LogP contribution in [0.25, 0.3) is 0 Å². The standard InChI is InChI=1S/C21H28N2O.C2H2O4/c1-21(22,17-24)16-15-20-14-13-19(23(20)2)12-8-4-7-11-18-9-5-3-6-10-18;3-1(4)2(5)6/h3,5-6,9-10,13-14,24H,4,7,11,15-17,22H2,1-2H3;(H,3,4)(H,5,6)/t21-;/m1./s1. The zero-order valence-corrected chi connectivity index (χ0v) is 17.5. The summed E-state index contributed by atoms with van der Waals surface area (Å²) in [6.45, 7) is 1.88. The summed E-state index contributed by atoms with van der Waals surface area (Å²) in [5.74, 6) is 2.89. The van der Waals surface area contributed by atoms with E-state index in [0.29, 0.717) is 0 Å². The molecular weight excluding hydrogens is 384 g/mol. The van der Waals surface area contributed by atoms with Crippen LogP contribution < -0.4 is 5.73 Å². The number of carboxylic acids is 2. The third kappa shape index (κ3) is 9.41. The summed E-state index contributed by atoms with van der Waals surface area (Å²) in [7, 11) is 2.04. The van der Waals surface area contributed by atoms with Crippen LogP contribution in [-0.2, 0) is 29.5 Å². The van der Waals surface area contributed by atoms with Crippen molar-refractivity contribution in [2.75, 3.05) is 6.61 Å². The number of benzene rings is 1. The van der Waals surface area contributed by atoms with Gasteiger partial charge in [-0.1, -0.05) is 36.3 Å². The lowest BCUT2D eigenvalue weighted by Crippen LogP contribution is -2.40. The molecule has 0 saturated carbocycles. The molecule has 0 saturated heterocycles. The SMILES string of the molecule is Cn1c(C#CCCCc2ccccc2)ccc1CC[C@@](C)(N)CO.O=C(O)C(=O)O. The van der Waals surface area contributed by atoms with Crippen molar-refractivity contribution in [2.24, 2.45) is 12.8 Å². The molecule has 162 valence electrons. The summed E-state index contributed by atoms with van der Waals surface area (Å²) in [5, 5.41) is 24.0. The van der Waals surface area contributed by atoms with E-state index in [1.807, 2.05) is 20.0 Å². The molecule has 0 unspecified atom stereocenters.